The molecule has 1 aromatic heterocycles. The minimum Gasteiger partial charge on any atom is -0.339 e. The van der Waals surface area contributed by atoms with Gasteiger partial charge in [0.2, 0.25) is 5.89 Å². The maximum Gasteiger partial charge on any atom is 0.285 e. The van der Waals surface area contributed by atoms with Crippen LogP contribution in [0.4, 0.5) is 8.78 Å². The van der Waals surface area contributed by atoms with Crippen LogP contribution in [0.2, 0.25) is 0 Å². The van der Waals surface area contributed by atoms with Gasteiger partial charge >= 0.3 is 0 Å². The van der Waals surface area contributed by atoms with Gasteiger partial charge in [0.1, 0.15) is 0 Å². The molecule has 0 aliphatic rings. The fourth-order valence-electron chi connectivity index (χ4n) is 1.67. The Balaban J connectivity index is 1.79. The second kappa shape index (κ2) is 5.88. The van der Waals surface area contributed by atoms with Crippen LogP contribution in [0.25, 0.3) is 0 Å². The predicted molar refractivity (Wildman–Crippen MR) is 65.9 cm³/mol. The number of nitrogens with zero attached hydrogens (tertiary/aromatic N) is 2. The van der Waals surface area contributed by atoms with Gasteiger partial charge in [-0.05, 0) is 6.92 Å². The van der Waals surface area contributed by atoms with Crippen LogP contribution >= 0.6 is 0 Å². The minimum atomic E-state index is -2.88. The number of hydrogen-bond donors (Lipinski definition) is 1. The molecule has 1 aromatic carbocycles. The smallest absolute Gasteiger partial charge is 0.285 e. The Hall–Kier alpha value is -1.82. The number of aromatic nitrogens is 2. The van der Waals surface area contributed by atoms with Crippen LogP contribution in [0, 0.1) is 6.92 Å². The lowest BCUT2D eigenvalue weighted by atomic mass is 10.1. The number of benzene rings is 1. The molecule has 2 rings (SSSR count). The van der Waals surface area contributed by atoms with Crippen molar-refractivity contribution in [2.75, 3.05) is 13.1 Å². The van der Waals surface area contributed by atoms with E-state index < -0.39 is 12.5 Å². The summed E-state index contributed by atoms with van der Waals surface area (Å²) in [5, 5.41) is 6.33. The number of nitrogens with one attached hydrogen (secondary N) is 1. The first kappa shape index (κ1) is 13.6. The van der Waals surface area contributed by atoms with Gasteiger partial charge in [0.15, 0.2) is 5.82 Å². The van der Waals surface area contributed by atoms with Crippen molar-refractivity contribution in [2.45, 2.75) is 19.3 Å². The summed E-state index contributed by atoms with van der Waals surface area (Å²) < 4.78 is 32.4. The molecule has 0 amide bonds. The molecule has 2 aromatic rings. The number of halogens is 2. The summed E-state index contributed by atoms with van der Waals surface area (Å²) >= 11 is 0. The average molecular weight is 267 g/mol. The normalized spacial score (nSPS) is 11.7. The van der Waals surface area contributed by atoms with Crippen molar-refractivity contribution in [3.8, 4) is 0 Å². The van der Waals surface area contributed by atoms with Crippen molar-refractivity contribution >= 4 is 0 Å². The van der Waals surface area contributed by atoms with E-state index in [1.165, 1.54) is 12.1 Å². The van der Waals surface area contributed by atoms with Gasteiger partial charge in [-0.1, -0.05) is 35.5 Å². The van der Waals surface area contributed by atoms with Gasteiger partial charge in [0.05, 0.1) is 6.54 Å². The molecule has 0 saturated carbocycles. The molecule has 0 aliphatic carbocycles. The highest BCUT2D eigenvalue weighted by Gasteiger charge is 2.30. The predicted octanol–water partition coefficient (Wildman–Crippen LogP) is 2.30. The van der Waals surface area contributed by atoms with Crippen molar-refractivity contribution in [1.29, 1.82) is 0 Å². The zero-order chi connectivity index (χ0) is 13.7. The fraction of sp³-hybridized carbons (Fsp3) is 0.385. The molecule has 1 N–H and O–H groups in total. The van der Waals surface area contributed by atoms with E-state index in [-0.39, 0.29) is 5.56 Å². The monoisotopic (exact) mass is 267 g/mol. The third kappa shape index (κ3) is 3.82. The van der Waals surface area contributed by atoms with E-state index in [4.69, 9.17) is 4.52 Å². The minimum absolute atomic E-state index is 0.0103. The third-order valence-electron chi connectivity index (χ3n) is 2.63. The van der Waals surface area contributed by atoms with Gasteiger partial charge in [0.25, 0.3) is 5.92 Å². The van der Waals surface area contributed by atoms with Crippen LogP contribution < -0.4 is 5.32 Å². The highest BCUT2D eigenvalue weighted by molar-refractivity contribution is 5.20. The van der Waals surface area contributed by atoms with E-state index >= 15 is 0 Å². The van der Waals surface area contributed by atoms with Crippen molar-refractivity contribution in [3.63, 3.8) is 0 Å². The van der Waals surface area contributed by atoms with Crippen molar-refractivity contribution in [1.82, 2.24) is 15.5 Å². The van der Waals surface area contributed by atoms with E-state index in [0.717, 1.165) is 0 Å². The van der Waals surface area contributed by atoms with Crippen LogP contribution in [-0.2, 0) is 12.3 Å². The standard InChI is InChI=1S/C13H15F2N3O/c1-10-17-12(19-18-10)7-8-16-9-13(14,15)11-5-3-2-4-6-11/h2-6,16H,7-9H2,1H3. The van der Waals surface area contributed by atoms with Crippen molar-refractivity contribution < 1.29 is 13.3 Å². The lowest BCUT2D eigenvalue weighted by molar-refractivity contribution is -0.00296. The zero-order valence-corrected chi connectivity index (χ0v) is 10.6. The maximum atomic E-state index is 13.8. The molecule has 0 spiro atoms. The molecule has 1 heterocycles. The van der Waals surface area contributed by atoms with Crippen LogP contribution in [-0.4, -0.2) is 23.2 Å². The molecule has 0 atom stereocenters. The summed E-state index contributed by atoms with van der Waals surface area (Å²) in [7, 11) is 0. The Kier molecular flexibility index (Phi) is 4.21. The van der Waals surface area contributed by atoms with E-state index in [9.17, 15) is 8.78 Å². The molecule has 0 saturated heterocycles. The summed E-state index contributed by atoms with van der Waals surface area (Å²) in [5.74, 6) is -1.89. The number of aryl methyl sites for hydroxylation is 1. The van der Waals surface area contributed by atoms with Gasteiger partial charge in [-0.2, -0.15) is 13.8 Å². The Bertz CT molecular complexity index is 514. The quantitative estimate of drug-likeness (QED) is 0.816. The first-order chi connectivity index (χ1) is 9.08. The topological polar surface area (TPSA) is 51.0 Å². The lowest BCUT2D eigenvalue weighted by Crippen LogP contribution is -2.32. The lowest BCUT2D eigenvalue weighted by Gasteiger charge is -2.17. The summed E-state index contributed by atoms with van der Waals surface area (Å²) in [6.45, 7) is 1.66. The summed E-state index contributed by atoms with van der Waals surface area (Å²) in [4.78, 5) is 4.00. The molecule has 0 aliphatic heterocycles. The van der Waals surface area contributed by atoms with Gasteiger partial charge in [-0.3, -0.25) is 0 Å². The maximum absolute atomic E-state index is 13.8. The molecule has 102 valence electrons. The molecule has 6 heteroatoms. The number of hydrogen-bond acceptors (Lipinski definition) is 4. The summed E-state index contributed by atoms with van der Waals surface area (Å²) in [6.07, 6.45) is 0.436. The van der Waals surface area contributed by atoms with E-state index in [1.54, 1.807) is 25.1 Å². The third-order valence-corrected chi connectivity index (χ3v) is 2.63. The average Bonchev–Trinajstić information content (AvgIpc) is 2.82. The summed E-state index contributed by atoms with van der Waals surface area (Å²) in [5.41, 5.74) is 0.0103. The Morgan fingerprint density at radius 3 is 2.63 bits per heavy atom. The van der Waals surface area contributed by atoms with Gasteiger partial charge in [-0.25, -0.2) is 0 Å². The molecular weight excluding hydrogens is 252 g/mol. The second-order valence-corrected chi connectivity index (χ2v) is 4.23. The molecule has 0 unspecified atom stereocenters. The molecule has 4 nitrogen and oxygen atoms in total. The van der Waals surface area contributed by atoms with E-state index in [0.29, 0.717) is 24.7 Å². The van der Waals surface area contributed by atoms with Crippen molar-refractivity contribution in [3.05, 3.63) is 47.6 Å². The highest BCUT2D eigenvalue weighted by Crippen LogP contribution is 2.26. The van der Waals surface area contributed by atoms with Crippen LogP contribution in [0.3, 0.4) is 0 Å². The summed E-state index contributed by atoms with van der Waals surface area (Å²) in [6, 6.07) is 7.76. The number of rotatable bonds is 6. The largest absolute Gasteiger partial charge is 0.339 e. The first-order valence-electron chi connectivity index (χ1n) is 6.01. The first-order valence-corrected chi connectivity index (χ1v) is 6.01. The molecule has 0 radical (unpaired) electrons. The van der Waals surface area contributed by atoms with Crippen LogP contribution in [0.1, 0.15) is 17.3 Å². The fourth-order valence-corrected chi connectivity index (χ4v) is 1.67. The van der Waals surface area contributed by atoms with Gasteiger partial charge in [0, 0.05) is 18.5 Å². The Morgan fingerprint density at radius 1 is 1.26 bits per heavy atom. The zero-order valence-electron chi connectivity index (χ0n) is 10.6. The SMILES string of the molecule is Cc1noc(CCNCC(F)(F)c2ccccc2)n1. The molecule has 0 bridgehead atoms. The Labute approximate surface area is 109 Å². The van der Waals surface area contributed by atoms with Crippen LogP contribution in [0.15, 0.2) is 34.9 Å². The molecular formula is C13H15F2N3O. The van der Waals surface area contributed by atoms with Gasteiger partial charge in [-0.15, -0.1) is 0 Å². The van der Waals surface area contributed by atoms with E-state index in [2.05, 4.69) is 15.5 Å². The molecule has 0 fully saturated rings. The van der Waals surface area contributed by atoms with E-state index in [1.807, 2.05) is 0 Å². The molecule has 19 heavy (non-hydrogen) atoms. The number of alkyl halides is 2. The second-order valence-electron chi connectivity index (χ2n) is 4.23. The van der Waals surface area contributed by atoms with Gasteiger partial charge < -0.3 is 9.84 Å². The van der Waals surface area contributed by atoms with Crippen LogP contribution in [0.5, 0.6) is 0 Å². The highest BCUT2D eigenvalue weighted by atomic mass is 19.3. The van der Waals surface area contributed by atoms with Crippen molar-refractivity contribution in [2.24, 2.45) is 0 Å². The Morgan fingerprint density at radius 2 is 2.00 bits per heavy atom.